The number of fused-ring (bicyclic) bond motifs is 1. The summed E-state index contributed by atoms with van der Waals surface area (Å²) in [5.74, 6) is 2.10. The average molecular weight is 434 g/mol. The van der Waals surface area contributed by atoms with Crippen molar-refractivity contribution in [2.75, 3.05) is 33.0 Å². The zero-order valence-electron chi connectivity index (χ0n) is 15.5. The Kier molecular flexibility index (Phi) is 4.78. The number of hydrogen-bond donors (Lipinski definition) is 0. The summed E-state index contributed by atoms with van der Waals surface area (Å²) in [5.41, 5.74) is 1.85. The molecule has 0 N–H and O–H groups in total. The smallest absolute Gasteiger partial charge is 0.252 e. The van der Waals surface area contributed by atoms with Gasteiger partial charge in [-0.2, -0.15) is 4.31 Å². The molecule has 10 heteroatoms. The molecule has 0 unspecified atom stereocenters. The Balaban J connectivity index is 1.23. The van der Waals surface area contributed by atoms with Crippen LogP contribution < -0.4 is 9.47 Å². The maximum Gasteiger partial charge on any atom is 0.252 e. The van der Waals surface area contributed by atoms with Crippen molar-refractivity contribution in [3.63, 3.8) is 0 Å². The van der Waals surface area contributed by atoms with Crippen LogP contribution in [0.25, 0.3) is 11.3 Å². The predicted octanol–water partition coefficient (Wildman–Crippen LogP) is 2.64. The molecule has 4 heterocycles. The van der Waals surface area contributed by atoms with Crippen LogP contribution in [0.2, 0.25) is 0 Å². The molecule has 0 amide bonds. The van der Waals surface area contributed by atoms with Crippen LogP contribution in [-0.4, -0.2) is 55.8 Å². The first-order valence-electron chi connectivity index (χ1n) is 9.20. The topological polar surface area (TPSA) is 85.1 Å². The number of aromatic nitrogens is 1. The van der Waals surface area contributed by atoms with Gasteiger partial charge in [0.25, 0.3) is 10.0 Å². The lowest BCUT2D eigenvalue weighted by atomic mass is 10.2. The maximum absolute atomic E-state index is 13.0. The monoisotopic (exact) mass is 433 g/mol. The van der Waals surface area contributed by atoms with Gasteiger partial charge in [-0.15, -0.1) is 11.3 Å². The van der Waals surface area contributed by atoms with E-state index in [1.807, 2.05) is 18.2 Å². The van der Waals surface area contributed by atoms with Gasteiger partial charge in [-0.25, -0.2) is 8.42 Å². The van der Waals surface area contributed by atoms with Crippen LogP contribution in [-0.2, 0) is 16.6 Å². The fraction of sp³-hybridized carbons (Fsp3) is 0.316. The highest BCUT2D eigenvalue weighted by Crippen LogP contribution is 2.33. The van der Waals surface area contributed by atoms with Crippen LogP contribution in [0.4, 0.5) is 0 Å². The van der Waals surface area contributed by atoms with Crippen LogP contribution in [0.15, 0.2) is 50.6 Å². The van der Waals surface area contributed by atoms with E-state index in [4.69, 9.17) is 14.0 Å². The van der Waals surface area contributed by atoms with Crippen LogP contribution in [0.3, 0.4) is 0 Å². The molecule has 3 aromatic rings. The molecule has 0 aliphatic carbocycles. The van der Waals surface area contributed by atoms with Crippen molar-refractivity contribution in [3.8, 4) is 22.8 Å². The summed E-state index contributed by atoms with van der Waals surface area (Å²) in [7, 11) is -3.51. The molecule has 29 heavy (non-hydrogen) atoms. The highest BCUT2D eigenvalue weighted by atomic mass is 32.2. The van der Waals surface area contributed by atoms with Crippen LogP contribution >= 0.6 is 11.3 Å². The molecular formula is C19H19N3O5S2. The molecule has 2 aliphatic heterocycles. The van der Waals surface area contributed by atoms with Gasteiger partial charge in [0.1, 0.15) is 4.21 Å². The first-order chi connectivity index (χ1) is 14.1. The average Bonchev–Trinajstić information content (AvgIpc) is 3.48. The first-order valence-corrected chi connectivity index (χ1v) is 11.5. The van der Waals surface area contributed by atoms with E-state index in [1.165, 1.54) is 11.3 Å². The number of rotatable bonds is 5. The van der Waals surface area contributed by atoms with Crippen molar-refractivity contribution in [1.29, 1.82) is 0 Å². The molecule has 0 radical (unpaired) electrons. The number of piperazine rings is 1. The summed E-state index contributed by atoms with van der Waals surface area (Å²) in [6.07, 6.45) is 1.54. The number of nitrogens with zero attached hydrogens (tertiary/aromatic N) is 3. The summed E-state index contributed by atoms with van der Waals surface area (Å²) in [6.45, 7) is 3.28. The lowest BCUT2D eigenvalue weighted by Crippen LogP contribution is -2.48. The van der Waals surface area contributed by atoms with Crippen molar-refractivity contribution < 1.29 is 22.4 Å². The second-order valence-electron chi connectivity index (χ2n) is 6.90. The molecule has 1 saturated heterocycles. The van der Waals surface area contributed by atoms with E-state index in [2.05, 4.69) is 10.1 Å². The van der Waals surface area contributed by atoms with E-state index >= 15 is 0 Å². The van der Waals surface area contributed by atoms with Crippen molar-refractivity contribution in [1.82, 2.24) is 14.4 Å². The van der Waals surface area contributed by atoms with Gasteiger partial charge in [0.2, 0.25) is 6.79 Å². The third kappa shape index (κ3) is 3.64. The van der Waals surface area contributed by atoms with Gasteiger partial charge in [0.15, 0.2) is 17.3 Å². The first kappa shape index (κ1) is 18.6. The molecule has 0 saturated carbocycles. The predicted molar refractivity (Wildman–Crippen MR) is 106 cm³/mol. The van der Waals surface area contributed by atoms with Crippen molar-refractivity contribution in [2.24, 2.45) is 0 Å². The van der Waals surface area contributed by atoms with E-state index < -0.39 is 10.0 Å². The number of benzene rings is 1. The molecular weight excluding hydrogens is 414 g/mol. The molecule has 8 nitrogen and oxygen atoms in total. The zero-order chi connectivity index (χ0) is 19.8. The van der Waals surface area contributed by atoms with Gasteiger partial charge < -0.3 is 14.0 Å². The number of ether oxygens (including phenoxy) is 2. The normalized spacial score (nSPS) is 17.7. The summed E-state index contributed by atoms with van der Waals surface area (Å²) in [6, 6.07) is 9.30. The Bertz CT molecular complexity index is 1100. The Morgan fingerprint density at radius 2 is 1.86 bits per heavy atom. The number of hydrogen-bond acceptors (Lipinski definition) is 8. The highest BCUT2D eigenvalue weighted by Gasteiger charge is 2.30. The van der Waals surface area contributed by atoms with Crippen LogP contribution in [0, 0.1) is 0 Å². The van der Waals surface area contributed by atoms with Crippen molar-refractivity contribution in [3.05, 3.63) is 47.5 Å². The molecule has 2 aromatic heterocycles. The van der Waals surface area contributed by atoms with Crippen molar-refractivity contribution in [2.45, 2.75) is 10.8 Å². The highest BCUT2D eigenvalue weighted by molar-refractivity contribution is 7.91. The van der Waals surface area contributed by atoms with Gasteiger partial charge in [-0.3, -0.25) is 4.90 Å². The summed E-state index contributed by atoms with van der Waals surface area (Å²) in [4.78, 5) is 2.25. The van der Waals surface area contributed by atoms with Crippen molar-refractivity contribution >= 4 is 21.4 Å². The fourth-order valence-electron chi connectivity index (χ4n) is 3.50. The maximum atomic E-state index is 13.0. The zero-order valence-corrected chi connectivity index (χ0v) is 17.1. The number of sulfonamides is 1. The Hall–Kier alpha value is -2.40. The second kappa shape index (κ2) is 7.45. The quantitative estimate of drug-likeness (QED) is 0.611. The second-order valence-corrected chi connectivity index (χ2v) is 9.97. The van der Waals surface area contributed by atoms with E-state index in [0.717, 1.165) is 29.2 Å². The van der Waals surface area contributed by atoms with E-state index in [-0.39, 0.29) is 6.79 Å². The Morgan fingerprint density at radius 1 is 1.03 bits per heavy atom. The molecule has 0 spiro atoms. The Labute approximate surface area is 172 Å². The lowest BCUT2D eigenvalue weighted by Gasteiger charge is -2.33. The molecule has 5 rings (SSSR count). The number of thiophene rings is 1. The third-order valence-corrected chi connectivity index (χ3v) is 8.38. The standard InChI is InChI=1S/C19H19N3O5S2/c23-29(24,19-10-15(12-28-19)16-3-4-20-27-16)22-7-5-21(6-8-22)11-14-1-2-17-18(9-14)26-13-25-17/h1-4,9-10,12H,5-8,11,13H2. The molecule has 0 atom stereocenters. The largest absolute Gasteiger partial charge is 0.454 e. The van der Waals surface area contributed by atoms with E-state index in [1.54, 1.807) is 28.0 Å². The molecule has 1 fully saturated rings. The summed E-state index contributed by atoms with van der Waals surface area (Å²) < 4.78 is 43.8. The molecule has 0 bridgehead atoms. The molecule has 2 aliphatic rings. The summed E-state index contributed by atoms with van der Waals surface area (Å²) in [5, 5.41) is 5.45. The van der Waals surface area contributed by atoms with Gasteiger partial charge in [0, 0.05) is 49.7 Å². The minimum absolute atomic E-state index is 0.260. The van der Waals surface area contributed by atoms with Gasteiger partial charge in [-0.05, 0) is 23.8 Å². The van der Waals surface area contributed by atoms with E-state index in [9.17, 15) is 8.42 Å². The minimum Gasteiger partial charge on any atom is -0.454 e. The molecule has 1 aromatic carbocycles. The third-order valence-electron chi connectivity index (χ3n) is 5.07. The van der Waals surface area contributed by atoms with Gasteiger partial charge in [-0.1, -0.05) is 11.2 Å². The van der Waals surface area contributed by atoms with Gasteiger partial charge >= 0.3 is 0 Å². The van der Waals surface area contributed by atoms with Crippen LogP contribution in [0.5, 0.6) is 11.5 Å². The minimum atomic E-state index is -3.51. The fourth-order valence-corrected chi connectivity index (χ4v) is 6.24. The molecule has 152 valence electrons. The van der Waals surface area contributed by atoms with E-state index in [0.29, 0.717) is 36.1 Å². The SMILES string of the molecule is O=S(=O)(c1cc(-c2ccno2)cs1)N1CCN(Cc2ccc3c(c2)OCO3)CC1. The Morgan fingerprint density at radius 3 is 2.66 bits per heavy atom. The summed E-state index contributed by atoms with van der Waals surface area (Å²) >= 11 is 1.21. The van der Waals surface area contributed by atoms with Gasteiger partial charge in [0.05, 0.1) is 6.20 Å². The van der Waals surface area contributed by atoms with Crippen LogP contribution in [0.1, 0.15) is 5.56 Å². The lowest BCUT2D eigenvalue weighted by molar-refractivity contribution is 0.173.